The molecule has 0 aromatic rings. The summed E-state index contributed by atoms with van der Waals surface area (Å²) in [6, 6.07) is 0. The van der Waals surface area contributed by atoms with Crippen LogP contribution in [0.3, 0.4) is 0 Å². The summed E-state index contributed by atoms with van der Waals surface area (Å²) < 4.78 is 5.12. The maximum atomic E-state index is 10.5. The lowest BCUT2D eigenvalue weighted by molar-refractivity contribution is -0.0157. The van der Waals surface area contributed by atoms with Gasteiger partial charge in [0.05, 0.1) is 12.2 Å². The van der Waals surface area contributed by atoms with Gasteiger partial charge >= 0.3 is 0 Å². The number of hydrogen-bond donors (Lipinski definition) is 2. The van der Waals surface area contributed by atoms with E-state index in [1.165, 1.54) is 0 Å². The van der Waals surface area contributed by atoms with Gasteiger partial charge in [-0.1, -0.05) is 13.8 Å². The van der Waals surface area contributed by atoms with E-state index >= 15 is 0 Å². The van der Waals surface area contributed by atoms with Crippen LogP contribution in [0.4, 0.5) is 0 Å². The highest BCUT2D eigenvalue weighted by Crippen LogP contribution is 2.39. The number of aliphatic hydroxyl groups is 1. The Bertz CT molecular complexity index is 219. The number of nitrogens with zero attached hydrogens (tertiary/aromatic N) is 1. The topological polar surface area (TPSA) is 58.7 Å². The molecule has 0 bridgehead atoms. The molecular weight excluding hydrogens is 216 g/mol. The molecule has 1 unspecified atom stereocenters. The second-order valence-electron chi connectivity index (χ2n) is 5.70. The molecule has 0 aromatic heterocycles. The molecule has 0 spiro atoms. The van der Waals surface area contributed by atoms with Gasteiger partial charge in [-0.25, -0.2) is 0 Å². The molecule has 0 aliphatic heterocycles. The van der Waals surface area contributed by atoms with E-state index in [9.17, 15) is 5.11 Å². The third-order valence-corrected chi connectivity index (χ3v) is 3.42. The lowest BCUT2D eigenvalue weighted by atomic mass is 9.96. The van der Waals surface area contributed by atoms with E-state index in [4.69, 9.17) is 10.5 Å². The Balaban J connectivity index is 2.49. The Morgan fingerprint density at radius 1 is 1.47 bits per heavy atom. The molecule has 0 aromatic carbocycles. The Kier molecular flexibility index (Phi) is 5.86. The first-order valence-corrected chi connectivity index (χ1v) is 6.65. The van der Waals surface area contributed by atoms with Crippen molar-refractivity contribution in [2.45, 2.75) is 32.3 Å². The molecule has 0 heterocycles. The van der Waals surface area contributed by atoms with Gasteiger partial charge in [0.15, 0.2) is 0 Å². The molecule has 0 radical (unpaired) electrons. The first-order chi connectivity index (χ1) is 8.01. The van der Waals surface area contributed by atoms with Crippen molar-refractivity contribution in [3.63, 3.8) is 0 Å². The lowest BCUT2D eigenvalue weighted by Crippen LogP contribution is -2.51. The summed E-state index contributed by atoms with van der Waals surface area (Å²) in [5, 5.41) is 10.5. The number of hydrogen-bond acceptors (Lipinski definition) is 4. The highest BCUT2D eigenvalue weighted by Gasteiger charge is 2.43. The summed E-state index contributed by atoms with van der Waals surface area (Å²) in [5.41, 5.74) is 5.06. The van der Waals surface area contributed by atoms with Crippen molar-refractivity contribution in [2.24, 2.45) is 17.6 Å². The number of ether oxygens (including phenoxy) is 1. The summed E-state index contributed by atoms with van der Waals surface area (Å²) in [6.07, 6.45) is 2.24. The van der Waals surface area contributed by atoms with E-state index in [1.54, 1.807) is 7.11 Å². The van der Waals surface area contributed by atoms with Gasteiger partial charge in [-0.2, -0.15) is 0 Å². The molecule has 1 aliphatic carbocycles. The predicted molar refractivity (Wildman–Crippen MR) is 69.9 cm³/mol. The minimum Gasteiger partial charge on any atom is -0.387 e. The van der Waals surface area contributed by atoms with Gasteiger partial charge in [0.2, 0.25) is 0 Å². The van der Waals surface area contributed by atoms with Crippen LogP contribution in [0.2, 0.25) is 0 Å². The SMILES string of the molecule is COCCN(CC(C)C)CC(O)(CN)C1CC1. The Morgan fingerprint density at radius 3 is 2.53 bits per heavy atom. The maximum Gasteiger partial charge on any atom is 0.0923 e. The second kappa shape index (κ2) is 6.69. The fraction of sp³-hybridized carbons (Fsp3) is 1.00. The molecular formula is C13H28N2O2. The average Bonchev–Trinajstić information content (AvgIpc) is 3.09. The largest absolute Gasteiger partial charge is 0.387 e. The fourth-order valence-corrected chi connectivity index (χ4v) is 2.34. The third kappa shape index (κ3) is 4.92. The van der Waals surface area contributed by atoms with Crippen LogP contribution in [-0.2, 0) is 4.74 Å². The van der Waals surface area contributed by atoms with Crippen molar-refractivity contribution in [2.75, 3.05) is 39.9 Å². The van der Waals surface area contributed by atoms with Crippen molar-refractivity contribution in [1.82, 2.24) is 4.90 Å². The first kappa shape index (κ1) is 14.9. The summed E-state index contributed by atoms with van der Waals surface area (Å²) in [5.74, 6) is 0.998. The van der Waals surface area contributed by atoms with Gasteiger partial charge in [0.1, 0.15) is 0 Å². The van der Waals surface area contributed by atoms with E-state index < -0.39 is 5.60 Å². The quantitative estimate of drug-likeness (QED) is 0.626. The summed E-state index contributed by atoms with van der Waals surface area (Å²) >= 11 is 0. The third-order valence-electron chi connectivity index (χ3n) is 3.42. The number of rotatable bonds is 9. The van der Waals surface area contributed by atoms with Crippen molar-refractivity contribution < 1.29 is 9.84 Å². The van der Waals surface area contributed by atoms with Crippen molar-refractivity contribution in [3.05, 3.63) is 0 Å². The summed E-state index contributed by atoms with van der Waals surface area (Å²) in [7, 11) is 1.71. The zero-order valence-electron chi connectivity index (χ0n) is 11.5. The van der Waals surface area contributed by atoms with Crippen LogP contribution in [0.5, 0.6) is 0 Å². The molecule has 1 atom stereocenters. The summed E-state index contributed by atoms with van der Waals surface area (Å²) in [4.78, 5) is 2.28. The highest BCUT2D eigenvalue weighted by molar-refractivity contribution is 4.97. The van der Waals surface area contributed by atoms with Crippen LogP contribution < -0.4 is 5.73 Å². The summed E-state index contributed by atoms with van der Waals surface area (Å²) in [6.45, 7) is 7.98. The molecule has 1 saturated carbocycles. The molecule has 1 rings (SSSR count). The van der Waals surface area contributed by atoms with E-state index in [0.717, 1.165) is 25.9 Å². The molecule has 3 N–H and O–H groups in total. The van der Waals surface area contributed by atoms with E-state index in [2.05, 4.69) is 18.7 Å². The Labute approximate surface area is 105 Å². The molecule has 1 fully saturated rings. The fourth-order valence-electron chi connectivity index (χ4n) is 2.34. The minimum absolute atomic E-state index is 0.360. The van der Waals surface area contributed by atoms with Crippen LogP contribution >= 0.6 is 0 Å². The van der Waals surface area contributed by atoms with Crippen LogP contribution in [0.25, 0.3) is 0 Å². The van der Waals surface area contributed by atoms with Gasteiger partial charge in [0.25, 0.3) is 0 Å². The van der Waals surface area contributed by atoms with Crippen molar-refractivity contribution >= 4 is 0 Å². The zero-order chi connectivity index (χ0) is 12.9. The van der Waals surface area contributed by atoms with E-state index in [1.807, 2.05) is 0 Å². The number of nitrogens with two attached hydrogens (primary N) is 1. The van der Waals surface area contributed by atoms with Gasteiger partial charge in [0, 0.05) is 33.3 Å². The van der Waals surface area contributed by atoms with Gasteiger partial charge < -0.3 is 15.6 Å². The smallest absolute Gasteiger partial charge is 0.0923 e. The van der Waals surface area contributed by atoms with Crippen LogP contribution in [0, 0.1) is 11.8 Å². The maximum absolute atomic E-state index is 10.5. The monoisotopic (exact) mass is 244 g/mol. The minimum atomic E-state index is -0.692. The van der Waals surface area contributed by atoms with E-state index in [0.29, 0.717) is 31.5 Å². The molecule has 0 amide bonds. The van der Waals surface area contributed by atoms with Gasteiger partial charge in [-0.15, -0.1) is 0 Å². The lowest BCUT2D eigenvalue weighted by Gasteiger charge is -2.34. The normalized spacial score (nSPS) is 19.9. The van der Waals surface area contributed by atoms with Crippen molar-refractivity contribution in [3.8, 4) is 0 Å². The molecule has 4 heteroatoms. The van der Waals surface area contributed by atoms with Crippen LogP contribution in [-0.4, -0.2) is 55.5 Å². The molecule has 4 nitrogen and oxygen atoms in total. The molecule has 1 aliphatic rings. The predicted octanol–water partition coefficient (Wildman–Crippen LogP) is 0.691. The molecule has 17 heavy (non-hydrogen) atoms. The Hall–Kier alpha value is -0.160. The Morgan fingerprint density at radius 2 is 2.12 bits per heavy atom. The molecule has 0 saturated heterocycles. The standard InChI is InChI=1S/C13H28N2O2/c1-11(2)8-15(6-7-17-3)10-13(16,9-14)12-4-5-12/h11-12,16H,4-10,14H2,1-3H3. The first-order valence-electron chi connectivity index (χ1n) is 6.65. The second-order valence-corrected chi connectivity index (χ2v) is 5.70. The highest BCUT2D eigenvalue weighted by atomic mass is 16.5. The van der Waals surface area contributed by atoms with Crippen molar-refractivity contribution in [1.29, 1.82) is 0 Å². The van der Waals surface area contributed by atoms with Crippen LogP contribution in [0.15, 0.2) is 0 Å². The van der Waals surface area contributed by atoms with Gasteiger partial charge in [-0.3, -0.25) is 4.90 Å². The molecule has 102 valence electrons. The van der Waals surface area contributed by atoms with E-state index in [-0.39, 0.29) is 0 Å². The number of methoxy groups -OCH3 is 1. The zero-order valence-corrected chi connectivity index (χ0v) is 11.5. The van der Waals surface area contributed by atoms with Gasteiger partial charge in [-0.05, 0) is 24.7 Å². The van der Waals surface area contributed by atoms with Crippen LogP contribution in [0.1, 0.15) is 26.7 Å². The average molecular weight is 244 g/mol.